The van der Waals surface area contributed by atoms with Crippen molar-refractivity contribution in [1.82, 2.24) is 5.32 Å². The van der Waals surface area contributed by atoms with E-state index >= 15 is 0 Å². The highest BCUT2D eigenvalue weighted by atomic mass is 16.5. The van der Waals surface area contributed by atoms with Gasteiger partial charge in [-0.25, -0.2) is 0 Å². The summed E-state index contributed by atoms with van der Waals surface area (Å²) in [6, 6.07) is 0.618. The molecule has 1 rings (SSSR count). The molecule has 0 aromatic carbocycles. The SMILES string of the molecule is COCCC1(C)CC1CNC(C)C. The Morgan fingerprint density at radius 2 is 2.23 bits per heavy atom. The fourth-order valence-corrected chi connectivity index (χ4v) is 1.84. The van der Waals surface area contributed by atoms with E-state index < -0.39 is 0 Å². The first kappa shape index (κ1) is 11.0. The molecule has 0 aromatic rings. The molecule has 1 aliphatic carbocycles. The summed E-state index contributed by atoms with van der Waals surface area (Å²) in [4.78, 5) is 0. The van der Waals surface area contributed by atoms with Crippen LogP contribution in [0.25, 0.3) is 0 Å². The molecule has 0 radical (unpaired) electrons. The summed E-state index contributed by atoms with van der Waals surface area (Å²) in [7, 11) is 1.78. The molecule has 2 heteroatoms. The molecule has 1 aliphatic rings. The van der Waals surface area contributed by atoms with Crippen LogP contribution in [-0.2, 0) is 4.74 Å². The van der Waals surface area contributed by atoms with Gasteiger partial charge in [-0.05, 0) is 30.7 Å². The molecule has 1 saturated carbocycles. The summed E-state index contributed by atoms with van der Waals surface area (Å²) in [5.74, 6) is 0.880. The van der Waals surface area contributed by atoms with Crippen LogP contribution in [0.5, 0.6) is 0 Å². The van der Waals surface area contributed by atoms with Crippen molar-refractivity contribution >= 4 is 0 Å². The standard InChI is InChI=1S/C11H23NO/c1-9(2)12-8-10-7-11(10,3)5-6-13-4/h9-10,12H,5-8H2,1-4H3. The van der Waals surface area contributed by atoms with Crippen LogP contribution in [0.2, 0.25) is 0 Å². The van der Waals surface area contributed by atoms with Crippen LogP contribution in [0, 0.1) is 11.3 Å². The molecule has 0 spiro atoms. The minimum absolute atomic E-state index is 0.567. The largest absolute Gasteiger partial charge is 0.385 e. The average Bonchev–Trinajstić information content (AvgIpc) is 2.71. The normalized spacial score (nSPS) is 32.5. The Labute approximate surface area is 82.0 Å². The van der Waals surface area contributed by atoms with Crippen molar-refractivity contribution in [3.05, 3.63) is 0 Å². The Balaban J connectivity index is 2.12. The minimum Gasteiger partial charge on any atom is -0.385 e. The quantitative estimate of drug-likeness (QED) is 0.684. The zero-order valence-electron chi connectivity index (χ0n) is 9.39. The maximum atomic E-state index is 5.11. The van der Waals surface area contributed by atoms with E-state index in [9.17, 15) is 0 Å². The molecular weight excluding hydrogens is 162 g/mol. The van der Waals surface area contributed by atoms with E-state index in [1.54, 1.807) is 7.11 Å². The van der Waals surface area contributed by atoms with Gasteiger partial charge in [-0.1, -0.05) is 20.8 Å². The zero-order valence-corrected chi connectivity index (χ0v) is 9.39. The van der Waals surface area contributed by atoms with Gasteiger partial charge in [-0.15, -0.1) is 0 Å². The molecule has 0 aliphatic heterocycles. The minimum atomic E-state index is 0.567. The van der Waals surface area contributed by atoms with Crippen LogP contribution in [-0.4, -0.2) is 26.3 Å². The van der Waals surface area contributed by atoms with Gasteiger partial charge in [-0.2, -0.15) is 0 Å². The van der Waals surface area contributed by atoms with Crippen LogP contribution in [0.4, 0.5) is 0 Å². The second-order valence-electron chi connectivity index (χ2n) is 4.86. The lowest BCUT2D eigenvalue weighted by Gasteiger charge is -2.12. The summed E-state index contributed by atoms with van der Waals surface area (Å²) < 4.78 is 5.11. The van der Waals surface area contributed by atoms with Crippen LogP contribution >= 0.6 is 0 Å². The van der Waals surface area contributed by atoms with Gasteiger partial charge in [0.2, 0.25) is 0 Å². The molecule has 0 amide bonds. The first-order valence-corrected chi connectivity index (χ1v) is 5.31. The molecule has 0 saturated heterocycles. The number of hydrogen-bond acceptors (Lipinski definition) is 2. The Morgan fingerprint density at radius 3 is 2.77 bits per heavy atom. The molecule has 1 fully saturated rings. The van der Waals surface area contributed by atoms with E-state index in [-0.39, 0.29) is 0 Å². The van der Waals surface area contributed by atoms with E-state index in [2.05, 4.69) is 26.1 Å². The van der Waals surface area contributed by atoms with Crippen molar-refractivity contribution in [2.75, 3.05) is 20.3 Å². The van der Waals surface area contributed by atoms with Gasteiger partial charge < -0.3 is 10.1 Å². The molecule has 2 nitrogen and oxygen atoms in total. The van der Waals surface area contributed by atoms with Crippen molar-refractivity contribution in [3.63, 3.8) is 0 Å². The van der Waals surface area contributed by atoms with Gasteiger partial charge >= 0.3 is 0 Å². The van der Waals surface area contributed by atoms with Crippen molar-refractivity contribution in [3.8, 4) is 0 Å². The number of nitrogens with one attached hydrogen (secondary N) is 1. The van der Waals surface area contributed by atoms with E-state index in [1.807, 2.05) is 0 Å². The average molecular weight is 185 g/mol. The van der Waals surface area contributed by atoms with Crippen LogP contribution in [0.15, 0.2) is 0 Å². The Bertz CT molecular complexity index is 158. The highest BCUT2D eigenvalue weighted by Gasteiger charge is 2.48. The lowest BCUT2D eigenvalue weighted by molar-refractivity contribution is 0.172. The predicted octanol–water partition coefficient (Wildman–Crippen LogP) is 2.05. The molecule has 1 N–H and O–H groups in total. The molecule has 0 aromatic heterocycles. The van der Waals surface area contributed by atoms with Crippen molar-refractivity contribution in [1.29, 1.82) is 0 Å². The summed E-state index contributed by atoms with van der Waals surface area (Å²) >= 11 is 0. The first-order valence-electron chi connectivity index (χ1n) is 5.31. The van der Waals surface area contributed by atoms with Crippen LogP contribution in [0.3, 0.4) is 0 Å². The van der Waals surface area contributed by atoms with E-state index in [0.29, 0.717) is 11.5 Å². The molecule has 2 atom stereocenters. The zero-order chi connectivity index (χ0) is 9.90. The first-order chi connectivity index (χ1) is 6.08. The Morgan fingerprint density at radius 1 is 1.54 bits per heavy atom. The number of rotatable bonds is 6. The third-order valence-electron chi connectivity index (χ3n) is 3.19. The number of methoxy groups -OCH3 is 1. The summed E-state index contributed by atoms with van der Waals surface area (Å²) in [6.07, 6.45) is 2.59. The van der Waals surface area contributed by atoms with E-state index in [0.717, 1.165) is 12.5 Å². The Hall–Kier alpha value is -0.0800. The molecule has 0 bridgehead atoms. The topological polar surface area (TPSA) is 21.3 Å². The fourth-order valence-electron chi connectivity index (χ4n) is 1.84. The maximum absolute atomic E-state index is 5.11. The highest BCUT2D eigenvalue weighted by Crippen LogP contribution is 2.54. The monoisotopic (exact) mass is 185 g/mol. The fraction of sp³-hybridized carbons (Fsp3) is 1.00. The van der Waals surface area contributed by atoms with E-state index in [4.69, 9.17) is 4.74 Å². The Kier molecular flexibility index (Phi) is 3.74. The van der Waals surface area contributed by atoms with Crippen LogP contribution < -0.4 is 5.32 Å². The second kappa shape index (κ2) is 4.43. The van der Waals surface area contributed by atoms with Gasteiger partial charge in [0.25, 0.3) is 0 Å². The van der Waals surface area contributed by atoms with Crippen molar-refractivity contribution < 1.29 is 4.74 Å². The van der Waals surface area contributed by atoms with Gasteiger partial charge in [0.1, 0.15) is 0 Å². The summed E-state index contributed by atoms with van der Waals surface area (Å²) in [5.41, 5.74) is 0.567. The maximum Gasteiger partial charge on any atom is 0.0467 e. The molecule has 2 unspecified atom stereocenters. The smallest absolute Gasteiger partial charge is 0.0467 e. The molecule has 13 heavy (non-hydrogen) atoms. The third kappa shape index (κ3) is 3.28. The van der Waals surface area contributed by atoms with Gasteiger partial charge in [0, 0.05) is 19.8 Å². The van der Waals surface area contributed by atoms with Gasteiger partial charge in [0.15, 0.2) is 0 Å². The summed E-state index contributed by atoms with van der Waals surface area (Å²) in [5, 5.41) is 3.50. The lowest BCUT2D eigenvalue weighted by atomic mass is 10.0. The van der Waals surface area contributed by atoms with Crippen molar-refractivity contribution in [2.24, 2.45) is 11.3 Å². The number of hydrogen-bond donors (Lipinski definition) is 1. The number of ether oxygens (including phenoxy) is 1. The molecular formula is C11H23NO. The van der Waals surface area contributed by atoms with E-state index in [1.165, 1.54) is 19.4 Å². The van der Waals surface area contributed by atoms with Crippen LogP contribution in [0.1, 0.15) is 33.6 Å². The van der Waals surface area contributed by atoms with Gasteiger partial charge in [-0.3, -0.25) is 0 Å². The third-order valence-corrected chi connectivity index (χ3v) is 3.19. The summed E-state index contributed by atoms with van der Waals surface area (Å²) in [6.45, 7) is 8.87. The molecule has 0 heterocycles. The second-order valence-corrected chi connectivity index (χ2v) is 4.86. The lowest BCUT2D eigenvalue weighted by Crippen LogP contribution is -2.26. The predicted molar refractivity (Wildman–Crippen MR) is 55.8 cm³/mol. The van der Waals surface area contributed by atoms with Crippen molar-refractivity contribution in [2.45, 2.75) is 39.7 Å². The molecule has 78 valence electrons. The van der Waals surface area contributed by atoms with Gasteiger partial charge in [0.05, 0.1) is 0 Å². The highest BCUT2D eigenvalue weighted by molar-refractivity contribution is 4.99.